The molecular weight excluding hydrogens is 310 g/mol. The molecule has 2 aromatic rings. The molecule has 1 aliphatic heterocycles. The van der Waals surface area contributed by atoms with E-state index in [4.69, 9.17) is 0 Å². The third-order valence-corrected chi connectivity index (χ3v) is 5.40. The number of pyridine rings is 1. The number of hydrogen-bond acceptors (Lipinski definition) is 3. The van der Waals surface area contributed by atoms with E-state index in [1.165, 1.54) is 17.7 Å². The van der Waals surface area contributed by atoms with Gasteiger partial charge in [0, 0.05) is 30.9 Å². The molecule has 0 amide bonds. The molecule has 0 aliphatic carbocycles. The smallest absolute Gasteiger partial charge is 0.248 e. The second kappa shape index (κ2) is 7.87. The number of anilines is 1. The number of hydrogen-bond donors (Lipinski definition) is 1. The molecule has 0 radical (unpaired) electrons. The predicted octanol–water partition coefficient (Wildman–Crippen LogP) is 3.52. The van der Waals surface area contributed by atoms with Crippen molar-refractivity contribution >= 4 is 5.69 Å². The fourth-order valence-corrected chi connectivity index (χ4v) is 3.91. The Morgan fingerprint density at radius 1 is 1.08 bits per heavy atom. The van der Waals surface area contributed by atoms with Crippen LogP contribution in [-0.2, 0) is 6.42 Å². The van der Waals surface area contributed by atoms with E-state index >= 15 is 0 Å². The summed E-state index contributed by atoms with van der Waals surface area (Å²) in [5.74, 6) is 0. The molecule has 0 saturated carbocycles. The van der Waals surface area contributed by atoms with Gasteiger partial charge in [-0.15, -0.1) is 0 Å². The fourth-order valence-electron chi connectivity index (χ4n) is 3.91. The molecule has 3 rings (SSSR count). The first-order chi connectivity index (χ1) is 12.2. The molecule has 134 valence electrons. The van der Waals surface area contributed by atoms with E-state index in [1.807, 2.05) is 6.07 Å². The molecule has 4 heteroatoms. The molecule has 4 nitrogen and oxygen atoms in total. The minimum atomic E-state index is -0.0436. The van der Waals surface area contributed by atoms with Crippen LogP contribution in [0.1, 0.15) is 32.8 Å². The maximum absolute atomic E-state index is 11.7. The minimum Gasteiger partial charge on any atom is -0.370 e. The van der Waals surface area contributed by atoms with Crippen LogP contribution in [0.2, 0.25) is 0 Å². The zero-order chi connectivity index (χ0) is 17.8. The van der Waals surface area contributed by atoms with Gasteiger partial charge in [-0.1, -0.05) is 39.0 Å². The second-order valence-corrected chi connectivity index (χ2v) is 6.73. The molecule has 1 fully saturated rings. The van der Waals surface area contributed by atoms with Crippen molar-refractivity contribution in [1.29, 1.82) is 0 Å². The Morgan fingerprint density at radius 2 is 1.80 bits per heavy atom. The second-order valence-electron chi connectivity index (χ2n) is 6.73. The van der Waals surface area contributed by atoms with Gasteiger partial charge < -0.3 is 9.88 Å². The molecule has 1 saturated heterocycles. The van der Waals surface area contributed by atoms with Crippen molar-refractivity contribution in [1.82, 2.24) is 9.88 Å². The first-order valence-corrected chi connectivity index (χ1v) is 9.47. The van der Waals surface area contributed by atoms with Gasteiger partial charge in [-0.05, 0) is 49.2 Å². The molecule has 2 heterocycles. The highest BCUT2D eigenvalue weighted by Crippen LogP contribution is 2.27. The Bertz CT molecular complexity index is 746. The highest BCUT2D eigenvalue weighted by Gasteiger charge is 2.26. The van der Waals surface area contributed by atoms with Crippen LogP contribution in [0.25, 0.3) is 11.3 Å². The Kier molecular flexibility index (Phi) is 5.59. The van der Waals surface area contributed by atoms with Gasteiger partial charge in [-0.3, -0.25) is 9.69 Å². The van der Waals surface area contributed by atoms with E-state index in [0.717, 1.165) is 43.9 Å². The van der Waals surface area contributed by atoms with Gasteiger partial charge in [-0.25, -0.2) is 0 Å². The van der Waals surface area contributed by atoms with Gasteiger partial charge >= 0.3 is 0 Å². The molecule has 1 unspecified atom stereocenters. The van der Waals surface area contributed by atoms with Gasteiger partial charge in [0.25, 0.3) is 0 Å². The maximum Gasteiger partial charge on any atom is 0.248 e. The monoisotopic (exact) mass is 339 g/mol. The van der Waals surface area contributed by atoms with Crippen LogP contribution >= 0.6 is 0 Å². The SMILES string of the molecule is CCc1ccc(=O)[nH]c1-c1ccc(N2CCC(N(CC)CC)C2)cc1. The normalized spacial score (nSPS) is 17.4. The number of nitrogens with zero attached hydrogens (tertiary/aromatic N) is 2. The summed E-state index contributed by atoms with van der Waals surface area (Å²) in [4.78, 5) is 19.7. The van der Waals surface area contributed by atoms with E-state index in [0.29, 0.717) is 6.04 Å². The van der Waals surface area contributed by atoms with Crippen LogP contribution in [0.5, 0.6) is 0 Å². The zero-order valence-electron chi connectivity index (χ0n) is 15.6. The first kappa shape index (κ1) is 17.7. The Balaban J connectivity index is 1.78. The number of H-pyrrole nitrogens is 1. The van der Waals surface area contributed by atoms with E-state index in [-0.39, 0.29) is 5.56 Å². The van der Waals surface area contributed by atoms with Crippen molar-refractivity contribution in [3.05, 3.63) is 52.3 Å². The number of rotatable bonds is 6. The molecule has 1 aromatic heterocycles. The highest BCUT2D eigenvalue weighted by atomic mass is 16.1. The summed E-state index contributed by atoms with van der Waals surface area (Å²) in [6.45, 7) is 11.1. The summed E-state index contributed by atoms with van der Waals surface area (Å²) in [6, 6.07) is 12.8. The van der Waals surface area contributed by atoms with Crippen LogP contribution in [0.3, 0.4) is 0 Å². The Labute approximate surface area is 150 Å². The summed E-state index contributed by atoms with van der Waals surface area (Å²) in [6.07, 6.45) is 2.14. The average Bonchev–Trinajstić information content (AvgIpc) is 3.13. The molecule has 1 N–H and O–H groups in total. The maximum atomic E-state index is 11.7. The lowest BCUT2D eigenvalue weighted by Gasteiger charge is -2.26. The van der Waals surface area contributed by atoms with Gasteiger partial charge in [0.05, 0.1) is 5.69 Å². The number of likely N-dealkylation sites (N-methyl/N-ethyl adjacent to an activating group) is 1. The number of aromatic amines is 1. The average molecular weight is 339 g/mol. The quantitative estimate of drug-likeness (QED) is 0.875. The van der Waals surface area contributed by atoms with E-state index in [1.54, 1.807) is 6.07 Å². The highest BCUT2D eigenvalue weighted by molar-refractivity contribution is 5.66. The number of aromatic nitrogens is 1. The fraction of sp³-hybridized carbons (Fsp3) is 0.476. The van der Waals surface area contributed by atoms with Crippen molar-refractivity contribution in [2.75, 3.05) is 31.1 Å². The molecule has 1 atom stereocenters. The van der Waals surface area contributed by atoms with Gasteiger partial charge in [0.1, 0.15) is 0 Å². The summed E-state index contributed by atoms with van der Waals surface area (Å²) >= 11 is 0. The number of benzene rings is 1. The molecule has 25 heavy (non-hydrogen) atoms. The lowest BCUT2D eigenvalue weighted by atomic mass is 10.0. The first-order valence-electron chi connectivity index (χ1n) is 9.47. The van der Waals surface area contributed by atoms with Crippen molar-refractivity contribution in [2.45, 2.75) is 39.7 Å². The number of nitrogens with one attached hydrogen (secondary N) is 1. The predicted molar refractivity (Wildman–Crippen MR) is 105 cm³/mol. The van der Waals surface area contributed by atoms with Crippen LogP contribution < -0.4 is 10.5 Å². The van der Waals surface area contributed by atoms with Crippen molar-refractivity contribution in [3.63, 3.8) is 0 Å². The van der Waals surface area contributed by atoms with Crippen LogP contribution in [0.4, 0.5) is 5.69 Å². The summed E-state index contributed by atoms with van der Waals surface area (Å²) in [7, 11) is 0. The van der Waals surface area contributed by atoms with Crippen LogP contribution in [-0.4, -0.2) is 42.1 Å². The summed E-state index contributed by atoms with van der Waals surface area (Å²) in [5.41, 5.74) is 4.43. The minimum absolute atomic E-state index is 0.0436. The molecular formula is C21H29N3O. The van der Waals surface area contributed by atoms with Gasteiger partial charge in [0.15, 0.2) is 0 Å². The molecule has 1 aliphatic rings. The largest absolute Gasteiger partial charge is 0.370 e. The molecule has 0 bridgehead atoms. The topological polar surface area (TPSA) is 39.3 Å². The third kappa shape index (κ3) is 3.79. The van der Waals surface area contributed by atoms with Crippen LogP contribution in [0.15, 0.2) is 41.2 Å². The van der Waals surface area contributed by atoms with Crippen molar-refractivity contribution in [2.24, 2.45) is 0 Å². The Hall–Kier alpha value is -2.07. The van der Waals surface area contributed by atoms with Crippen LogP contribution in [0, 0.1) is 0 Å². The van der Waals surface area contributed by atoms with Gasteiger partial charge in [0.2, 0.25) is 5.56 Å². The summed E-state index contributed by atoms with van der Waals surface area (Å²) in [5, 5.41) is 0. The molecule has 0 spiro atoms. The standard InChI is InChI=1S/C21H29N3O/c1-4-16-9-12-20(25)22-21(16)17-7-10-18(11-8-17)24-14-13-19(15-24)23(5-2)6-3/h7-12,19H,4-6,13-15H2,1-3H3,(H,22,25). The van der Waals surface area contributed by atoms with Crippen molar-refractivity contribution in [3.8, 4) is 11.3 Å². The zero-order valence-corrected chi connectivity index (χ0v) is 15.6. The lowest BCUT2D eigenvalue weighted by Crippen LogP contribution is -2.37. The van der Waals surface area contributed by atoms with Crippen molar-refractivity contribution < 1.29 is 0 Å². The Morgan fingerprint density at radius 3 is 2.44 bits per heavy atom. The van der Waals surface area contributed by atoms with E-state index in [9.17, 15) is 4.79 Å². The third-order valence-electron chi connectivity index (χ3n) is 5.40. The van der Waals surface area contributed by atoms with E-state index in [2.05, 4.69) is 59.8 Å². The van der Waals surface area contributed by atoms with E-state index < -0.39 is 0 Å². The number of aryl methyl sites for hydroxylation is 1. The van der Waals surface area contributed by atoms with Gasteiger partial charge in [-0.2, -0.15) is 0 Å². The summed E-state index contributed by atoms with van der Waals surface area (Å²) < 4.78 is 0. The lowest BCUT2D eigenvalue weighted by molar-refractivity contribution is 0.232. The molecule has 1 aromatic carbocycles.